The predicted octanol–water partition coefficient (Wildman–Crippen LogP) is 7.44. The second kappa shape index (κ2) is 53.3. The first-order valence-corrected chi connectivity index (χ1v) is 53.5. The van der Waals surface area contributed by atoms with Crippen molar-refractivity contribution < 1.29 is 101 Å². The number of ether oxygens (including phenoxy) is 3. The van der Waals surface area contributed by atoms with Gasteiger partial charge in [0.2, 0.25) is 11.8 Å². The number of likely N-dealkylation sites (tertiary alicyclic amines) is 15. The number of thioether (sulfide) groups is 1. The average molecular weight is 2060 g/mol. The number of cyclic esters (lactones) is 1. The molecule has 8 atom stereocenters. The Morgan fingerprint density at radius 3 is 0.993 bits per heavy atom. The zero-order valence-corrected chi connectivity index (χ0v) is 89.8. The summed E-state index contributed by atoms with van der Waals surface area (Å²) < 4.78 is 151. The molecule has 17 aliphatic rings. The summed E-state index contributed by atoms with van der Waals surface area (Å²) in [4.78, 5) is 130. The largest absolute Gasteiger partial charge is 0.468 e. The lowest BCUT2D eigenvalue weighted by atomic mass is 9.91. The van der Waals surface area contributed by atoms with Crippen LogP contribution in [0.5, 0.6) is 0 Å². The van der Waals surface area contributed by atoms with Crippen molar-refractivity contribution in [3.05, 3.63) is 0 Å². The van der Waals surface area contributed by atoms with E-state index in [-0.39, 0.29) is 135 Å². The van der Waals surface area contributed by atoms with Crippen LogP contribution in [0.4, 0.5) is 43.9 Å². The summed E-state index contributed by atoms with van der Waals surface area (Å²) in [6.45, 7) is 21.6. The number of esters is 3. The van der Waals surface area contributed by atoms with Crippen LogP contribution < -0.4 is 5.48 Å². The van der Waals surface area contributed by atoms with Crippen molar-refractivity contribution >= 4 is 53.3 Å². The molecule has 1 spiro atoms. The average Bonchev–Trinajstić information content (AvgIpc) is 1.60. The van der Waals surface area contributed by atoms with Gasteiger partial charge in [-0.05, 0) is 316 Å². The van der Waals surface area contributed by atoms with Crippen LogP contribution in [0.1, 0.15) is 181 Å². The number of alkyl halides is 10. The topological polar surface area (TPSA) is 239 Å². The fourth-order valence-electron chi connectivity index (χ4n) is 24.6. The molecule has 0 radical (unpaired) electrons. The Kier molecular flexibility index (Phi) is 44.7. The number of piperidine rings is 8. The van der Waals surface area contributed by atoms with Crippen molar-refractivity contribution in [1.82, 2.24) is 98.7 Å². The predicted molar refractivity (Wildman–Crippen MR) is 528 cm³/mol. The summed E-state index contributed by atoms with van der Waals surface area (Å²) in [5.74, 6) is -13.0. The van der Waals surface area contributed by atoms with Crippen LogP contribution in [0.15, 0.2) is 0 Å². The van der Waals surface area contributed by atoms with Gasteiger partial charge in [0.1, 0.15) is 17.1 Å². The molecular formula is C99H176F10N20O12S. The molecule has 0 bridgehead atoms. The molecule has 17 aliphatic heterocycles. The molecule has 32 nitrogen and oxygen atoms in total. The Bertz CT molecular complexity index is 3840. The standard InChI is InChI=1S/C13H23F2N3O2.2C13H23F2N3O.C13H22N2O2.C13H24N2O2.C12H21F2N3O2.C11H20F2N2.C11H20N2O2S/c1-16-6-4-10(5-7-16)18-9-13(14,15)8-11(18)12(19)17(2)20-3;2*1-16(2)12(19)11-8-13(14,15)9-18(11)10-4-6-17(3)7-5-10;1-14-8-3-11(4-9-14)15-7-2-5-13(15)6-10-17-12(13)16;1-13(12(16)17-3)7-4-8-15(13)11-5-9-14(2)10-6-11;1-16-5-3-9(4-6-16)17-8-12(13,14)7-10(17)11(18)15-19-2;1-9-7-11(12,13)8-15(9)10-3-5-14(2)6-4-10;1-12-5-3-9(4-6-12)13-8-16-7-10(13)11(14)15-2/h10-11H,4-9H2,1-3H3;2*10-11H,4-9H2,1-3H3;11H,2-10H2,1H3;11H,4-10H2,1-3H3;9-10H,3-8H2,1-2H3,(H,15,18);9-10H,3-8H2,1-2H3;9-10H,3-8H2,1-2H3/t3*11-;;13-;10-;9-;10-/m110.1101/s1. The molecule has 4 amide bonds. The highest BCUT2D eigenvalue weighted by molar-refractivity contribution is 7.99. The molecule has 1 unspecified atom stereocenters. The van der Waals surface area contributed by atoms with E-state index in [1.54, 1.807) is 47.8 Å². The zero-order chi connectivity index (χ0) is 104. The fourth-order valence-corrected chi connectivity index (χ4v) is 25.9. The Morgan fingerprint density at radius 2 is 0.676 bits per heavy atom. The second-order valence-electron chi connectivity index (χ2n) is 44.3. The van der Waals surface area contributed by atoms with Crippen molar-refractivity contribution in [3.8, 4) is 0 Å². The number of rotatable bonds is 16. The van der Waals surface area contributed by atoms with Crippen molar-refractivity contribution in [2.75, 3.05) is 289 Å². The second-order valence-corrected chi connectivity index (χ2v) is 45.3. The van der Waals surface area contributed by atoms with Crippen molar-refractivity contribution in [1.29, 1.82) is 0 Å². The summed E-state index contributed by atoms with van der Waals surface area (Å²) in [7, 11) is 30.4. The molecule has 820 valence electrons. The maximum atomic E-state index is 13.7. The first-order chi connectivity index (χ1) is 66.9. The van der Waals surface area contributed by atoms with Crippen LogP contribution in [0.25, 0.3) is 0 Å². The first-order valence-electron chi connectivity index (χ1n) is 52.3. The summed E-state index contributed by atoms with van der Waals surface area (Å²) in [6.07, 6.45) is 19.6. The Morgan fingerprint density at radius 1 is 0.373 bits per heavy atom. The van der Waals surface area contributed by atoms with Gasteiger partial charge in [-0.2, -0.15) is 0 Å². The van der Waals surface area contributed by atoms with E-state index in [1.165, 1.54) is 83.8 Å². The van der Waals surface area contributed by atoms with Crippen LogP contribution in [-0.4, -0.2) is 549 Å². The van der Waals surface area contributed by atoms with Crippen LogP contribution in [0, 0.1) is 0 Å². The molecule has 0 aromatic heterocycles. The maximum absolute atomic E-state index is 13.7. The van der Waals surface area contributed by atoms with E-state index in [0.29, 0.717) is 30.8 Å². The minimum absolute atomic E-state index is 0.0107. The van der Waals surface area contributed by atoms with E-state index < -0.39 is 72.5 Å². The van der Waals surface area contributed by atoms with Crippen molar-refractivity contribution in [3.63, 3.8) is 0 Å². The van der Waals surface area contributed by atoms with E-state index >= 15 is 0 Å². The number of nitrogens with one attached hydrogen (secondary N) is 1. The Hall–Kier alpha value is -4.78. The van der Waals surface area contributed by atoms with Crippen LogP contribution in [0.2, 0.25) is 0 Å². The van der Waals surface area contributed by atoms with Gasteiger partial charge in [-0.3, -0.25) is 82.4 Å². The number of nitrogens with zero attached hydrogens (tertiary/aromatic N) is 19. The van der Waals surface area contributed by atoms with Gasteiger partial charge >= 0.3 is 17.9 Å². The lowest BCUT2D eigenvalue weighted by Gasteiger charge is -2.42. The smallest absolute Gasteiger partial charge is 0.326 e. The highest BCUT2D eigenvalue weighted by Gasteiger charge is 2.58. The number of carbonyl (C=O) groups is 7. The minimum atomic E-state index is -2.79. The molecule has 0 aromatic carbocycles. The van der Waals surface area contributed by atoms with Crippen molar-refractivity contribution in [2.24, 2.45) is 0 Å². The van der Waals surface area contributed by atoms with Crippen LogP contribution in [0.3, 0.4) is 0 Å². The van der Waals surface area contributed by atoms with E-state index in [9.17, 15) is 77.5 Å². The van der Waals surface area contributed by atoms with E-state index in [4.69, 9.17) is 19.0 Å². The van der Waals surface area contributed by atoms with E-state index in [2.05, 4.69) is 92.4 Å². The van der Waals surface area contributed by atoms with Gasteiger partial charge in [0.05, 0.1) is 91.9 Å². The monoisotopic (exact) mass is 2060 g/mol. The number of hydrogen-bond acceptors (Lipinski definition) is 29. The van der Waals surface area contributed by atoms with Gasteiger partial charge in [0.15, 0.2) is 0 Å². The number of carbonyl (C=O) groups excluding carboxylic acids is 7. The number of amides is 4. The first kappa shape index (κ1) is 119. The Balaban J connectivity index is 0.000000167. The van der Waals surface area contributed by atoms with E-state index in [0.717, 1.165) is 231 Å². The molecule has 0 saturated carbocycles. The molecule has 142 heavy (non-hydrogen) atoms. The Labute approximate surface area is 844 Å². The molecule has 17 saturated heterocycles. The van der Waals surface area contributed by atoms with Crippen LogP contribution in [-0.2, 0) is 57.4 Å². The summed E-state index contributed by atoms with van der Waals surface area (Å²) in [6, 6.07) is -0.412. The van der Waals surface area contributed by atoms with Gasteiger partial charge in [-0.1, -0.05) is 0 Å². The zero-order valence-electron chi connectivity index (χ0n) is 88.9. The number of likely N-dealkylation sites (N-methyl/N-ethyl adjacent to an activating group) is 3. The third-order valence-electron chi connectivity index (χ3n) is 33.2. The fraction of sp³-hybridized carbons (Fsp3) is 0.929. The number of halogens is 10. The quantitative estimate of drug-likeness (QED) is 0.0683. The summed E-state index contributed by atoms with van der Waals surface area (Å²) in [5, 5.41) is 1.05. The lowest BCUT2D eigenvalue weighted by molar-refractivity contribution is -0.174. The number of hydroxylamine groups is 3. The molecular weight excluding hydrogens is 1880 g/mol. The molecule has 43 heteroatoms. The molecule has 1 N–H and O–H groups in total. The lowest BCUT2D eigenvalue weighted by Crippen LogP contribution is -2.55. The van der Waals surface area contributed by atoms with Crippen LogP contribution >= 0.6 is 11.8 Å². The van der Waals surface area contributed by atoms with Gasteiger partial charge < -0.3 is 63.2 Å². The molecule has 17 rings (SSSR count). The molecule has 0 aromatic rings. The molecule has 17 heterocycles. The normalized spacial score (nSPS) is 31.3. The van der Waals surface area contributed by atoms with Gasteiger partial charge in [0, 0.05) is 140 Å². The number of hydrogen-bond donors (Lipinski definition) is 1. The molecule has 17 fully saturated rings. The number of methoxy groups -OCH3 is 2. The van der Waals surface area contributed by atoms with E-state index in [1.807, 2.05) is 58.7 Å². The summed E-state index contributed by atoms with van der Waals surface area (Å²) in [5.41, 5.74) is 1.56. The SMILES string of the molecule is CN1CCC(N2CC(F)(F)C[C@@H]2C(=O)N(C)C)CC1.CN1CCC(N2CC(F)(F)C[C@H]2C(=O)N(C)C)CC1.CN1CCC(N2CCCC23CCOC3=O)CC1.COC(=O)[C@@]1(C)CCCN1C1CCN(C)CC1.COC(=O)[C@H]1CSCN1C1CCN(C)CC1.CON(C)C(=O)[C@H]1CC(F)(F)CN1C1CCN(C)CC1.CONC(=O)[C@H]1CC(F)(F)CN1C1CCN(C)CC1.C[C@H]1CC(F)(F)CN1C1CCN(C)CC1. The third-order valence-corrected chi connectivity index (χ3v) is 34.2. The van der Waals surface area contributed by atoms with Crippen molar-refractivity contribution in [2.45, 2.75) is 306 Å². The minimum Gasteiger partial charge on any atom is -0.468 e. The highest BCUT2D eigenvalue weighted by atomic mass is 32.2. The van der Waals surface area contributed by atoms with Gasteiger partial charge in [-0.25, -0.2) is 54.4 Å². The summed E-state index contributed by atoms with van der Waals surface area (Å²) >= 11 is 1.84. The molecule has 0 aliphatic carbocycles. The maximum Gasteiger partial charge on any atom is 0.326 e. The third kappa shape index (κ3) is 32.6. The highest BCUT2D eigenvalue weighted by Crippen LogP contribution is 2.45. The van der Waals surface area contributed by atoms with Gasteiger partial charge in [0.25, 0.3) is 41.4 Å². The van der Waals surface area contributed by atoms with Gasteiger partial charge in [-0.15, -0.1) is 11.8 Å².